The van der Waals surface area contributed by atoms with Crippen molar-refractivity contribution in [2.75, 3.05) is 0 Å². The topological polar surface area (TPSA) is 69.6 Å². The minimum atomic E-state index is -4.44. The molecule has 2 aromatic rings. The molecule has 1 aliphatic rings. The van der Waals surface area contributed by atoms with Crippen LogP contribution in [0.25, 0.3) is 0 Å². The van der Waals surface area contributed by atoms with E-state index >= 15 is 0 Å². The van der Waals surface area contributed by atoms with Crippen molar-refractivity contribution in [3.8, 4) is 0 Å². The molecule has 0 radical (unpaired) electrons. The Morgan fingerprint density at radius 3 is 2.71 bits per heavy atom. The lowest BCUT2D eigenvalue weighted by molar-refractivity contribution is -0.139. The number of hydrogen-bond acceptors (Lipinski definition) is 5. The first-order valence-electron chi connectivity index (χ1n) is 6.35. The van der Waals surface area contributed by atoms with Gasteiger partial charge in [-0.05, 0) is 52.7 Å². The highest BCUT2D eigenvalue weighted by Crippen LogP contribution is 2.42. The van der Waals surface area contributed by atoms with E-state index in [0.29, 0.717) is 10.7 Å². The molecule has 1 heterocycles. The van der Waals surface area contributed by atoms with E-state index < -0.39 is 11.7 Å². The molecular formula is C12H12F3N5S. The number of benzene rings is 1. The third kappa shape index (κ3) is 3.03. The quantitative estimate of drug-likeness (QED) is 0.939. The van der Waals surface area contributed by atoms with Crippen molar-refractivity contribution < 1.29 is 13.2 Å². The van der Waals surface area contributed by atoms with Gasteiger partial charge < -0.3 is 5.73 Å². The summed E-state index contributed by atoms with van der Waals surface area (Å²) in [6.07, 6.45) is -2.53. The molecule has 0 unspecified atom stereocenters. The highest BCUT2D eigenvalue weighted by molar-refractivity contribution is 7.99. The number of aromatic nitrogens is 4. The fourth-order valence-corrected chi connectivity index (χ4v) is 2.89. The van der Waals surface area contributed by atoms with Crippen LogP contribution in [0.2, 0.25) is 0 Å². The van der Waals surface area contributed by atoms with Crippen LogP contribution < -0.4 is 5.73 Å². The first kappa shape index (κ1) is 14.3. The van der Waals surface area contributed by atoms with Gasteiger partial charge in [0.05, 0.1) is 11.6 Å². The van der Waals surface area contributed by atoms with Crippen molar-refractivity contribution in [1.82, 2.24) is 20.2 Å². The molecule has 21 heavy (non-hydrogen) atoms. The van der Waals surface area contributed by atoms with Gasteiger partial charge in [-0.25, -0.2) is 4.68 Å². The fourth-order valence-electron chi connectivity index (χ4n) is 1.91. The number of tetrazole rings is 1. The van der Waals surface area contributed by atoms with Crippen LogP contribution in [-0.4, -0.2) is 20.2 Å². The molecular weight excluding hydrogens is 303 g/mol. The van der Waals surface area contributed by atoms with Gasteiger partial charge in [-0.3, -0.25) is 0 Å². The Hall–Kier alpha value is -1.61. The second kappa shape index (κ2) is 5.30. The molecule has 112 valence electrons. The van der Waals surface area contributed by atoms with Gasteiger partial charge in [-0.15, -0.1) is 5.10 Å². The summed E-state index contributed by atoms with van der Waals surface area (Å²) >= 11 is 0.928. The van der Waals surface area contributed by atoms with Crippen LogP contribution >= 0.6 is 11.8 Å². The van der Waals surface area contributed by atoms with Crippen LogP contribution in [0.5, 0.6) is 0 Å². The average molecular weight is 315 g/mol. The summed E-state index contributed by atoms with van der Waals surface area (Å²) in [6.45, 7) is 0.0633. The summed E-state index contributed by atoms with van der Waals surface area (Å²) in [4.78, 5) is 0.0800. The van der Waals surface area contributed by atoms with Crippen LogP contribution in [0, 0.1) is 0 Å². The smallest absolute Gasteiger partial charge is 0.326 e. The van der Waals surface area contributed by atoms with Gasteiger partial charge in [-0.1, -0.05) is 6.07 Å². The summed E-state index contributed by atoms with van der Waals surface area (Å²) in [5.74, 6) is 0. The minimum Gasteiger partial charge on any atom is -0.326 e. The number of halogens is 3. The van der Waals surface area contributed by atoms with E-state index in [9.17, 15) is 13.2 Å². The van der Waals surface area contributed by atoms with Crippen molar-refractivity contribution in [3.05, 3.63) is 29.3 Å². The molecule has 0 amide bonds. The molecule has 0 aliphatic heterocycles. The summed E-state index contributed by atoms with van der Waals surface area (Å²) in [5, 5.41) is 11.6. The average Bonchev–Trinajstić information content (AvgIpc) is 3.18. The van der Waals surface area contributed by atoms with Gasteiger partial charge in [0, 0.05) is 11.4 Å². The molecule has 0 atom stereocenters. The van der Waals surface area contributed by atoms with Gasteiger partial charge >= 0.3 is 6.18 Å². The Bertz CT molecular complexity index is 651. The lowest BCUT2D eigenvalue weighted by Crippen LogP contribution is -2.09. The van der Waals surface area contributed by atoms with Gasteiger partial charge in [0.15, 0.2) is 0 Å². The number of rotatable bonds is 4. The number of nitrogens with two attached hydrogens (primary N) is 1. The zero-order valence-corrected chi connectivity index (χ0v) is 11.7. The van der Waals surface area contributed by atoms with E-state index in [1.807, 2.05) is 0 Å². The molecule has 1 aromatic heterocycles. The van der Waals surface area contributed by atoms with Gasteiger partial charge in [-0.2, -0.15) is 13.2 Å². The normalized spacial score (nSPS) is 15.4. The van der Waals surface area contributed by atoms with Gasteiger partial charge in [0.1, 0.15) is 0 Å². The molecule has 9 heteroatoms. The van der Waals surface area contributed by atoms with Crippen molar-refractivity contribution >= 4 is 11.8 Å². The molecule has 5 nitrogen and oxygen atoms in total. The predicted octanol–water partition coefficient (Wildman–Crippen LogP) is 2.64. The standard InChI is InChI=1S/C12H12F3N5S/c13-12(14,15)9-5-7(6-16)1-4-10(9)21-11-17-18-19-20(11)8-2-3-8/h1,4-5,8H,2-3,6,16H2. The van der Waals surface area contributed by atoms with Crippen molar-refractivity contribution in [3.63, 3.8) is 0 Å². The van der Waals surface area contributed by atoms with Crippen LogP contribution in [0.1, 0.15) is 30.0 Å². The Morgan fingerprint density at radius 1 is 1.33 bits per heavy atom. The fraction of sp³-hybridized carbons (Fsp3) is 0.417. The van der Waals surface area contributed by atoms with E-state index in [0.717, 1.165) is 30.7 Å². The molecule has 0 spiro atoms. The first-order valence-corrected chi connectivity index (χ1v) is 7.16. The number of nitrogens with zero attached hydrogens (tertiary/aromatic N) is 4. The van der Waals surface area contributed by atoms with E-state index in [1.54, 1.807) is 10.7 Å². The second-order valence-corrected chi connectivity index (χ2v) is 5.78. The SMILES string of the molecule is NCc1ccc(Sc2nnnn2C2CC2)c(C(F)(F)F)c1. The maximum Gasteiger partial charge on any atom is 0.417 e. The highest BCUT2D eigenvalue weighted by Gasteiger charge is 2.35. The molecule has 3 rings (SSSR count). The lowest BCUT2D eigenvalue weighted by atomic mass is 10.1. The lowest BCUT2D eigenvalue weighted by Gasteiger charge is -2.13. The zero-order chi connectivity index (χ0) is 15.0. The number of hydrogen-bond donors (Lipinski definition) is 1. The molecule has 1 aromatic carbocycles. The summed E-state index contributed by atoms with van der Waals surface area (Å²) in [6, 6.07) is 4.29. The van der Waals surface area contributed by atoms with Crippen molar-refractivity contribution in [1.29, 1.82) is 0 Å². The monoisotopic (exact) mass is 315 g/mol. The van der Waals surface area contributed by atoms with Crippen LogP contribution in [0.4, 0.5) is 13.2 Å². The van der Waals surface area contributed by atoms with Gasteiger partial charge in [0.25, 0.3) is 0 Å². The van der Waals surface area contributed by atoms with Crippen molar-refractivity contribution in [2.24, 2.45) is 5.73 Å². The third-order valence-electron chi connectivity index (χ3n) is 3.14. The van der Waals surface area contributed by atoms with Crippen LogP contribution in [-0.2, 0) is 12.7 Å². The summed E-state index contributed by atoms with van der Waals surface area (Å²) < 4.78 is 41.0. The van der Waals surface area contributed by atoms with E-state index in [2.05, 4.69) is 15.5 Å². The Morgan fingerprint density at radius 2 is 2.10 bits per heavy atom. The molecule has 1 aliphatic carbocycles. The predicted molar refractivity (Wildman–Crippen MR) is 69.5 cm³/mol. The minimum absolute atomic E-state index is 0.0633. The summed E-state index contributed by atoms with van der Waals surface area (Å²) in [5.41, 5.74) is 5.14. The summed E-state index contributed by atoms with van der Waals surface area (Å²) in [7, 11) is 0. The first-order chi connectivity index (χ1) is 9.99. The number of alkyl halides is 3. The molecule has 2 N–H and O–H groups in total. The molecule has 1 saturated carbocycles. The van der Waals surface area contributed by atoms with Gasteiger partial charge in [0.2, 0.25) is 5.16 Å². The van der Waals surface area contributed by atoms with E-state index in [-0.39, 0.29) is 17.5 Å². The van der Waals surface area contributed by atoms with E-state index in [4.69, 9.17) is 5.73 Å². The molecule has 0 saturated heterocycles. The Kier molecular flexibility index (Phi) is 3.62. The molecule has 1 fully saturated rings. The van der Waals surface area contributed by atoms with Crippen LogP contribution in [0.3, 0.4) is 0 Å². The largest absolute Gasteiger partial charge is 0.417 e. The maximum atomic E-state index is 13.2. The van der Waals surface area contributed by atoms with Crippen LogP contribution in [0.15, 0.2) is 28.3 Å². The zero-order valence-electron chi connectivity index (χ0n) is 10.8. The second-order valence-electron chi connectivity index (χ2n) is 4.77. The van der Waals surface area contributed by atoms with Crippen molar-refractivity contribution in [2.45, 2.75) is 41.7 Å². The molecule has 0 bridgehead atoms. The Balaban J connectivity index is 1.95. The maximum absolute atomic E-state index is 13.2. The Labute approximate surface area is 122 Å². The highest BCUT2D eigenvalue weighted by atomic mass is 32.2. The third-order valence-corrected chi connectivity index (χ3v) is 4.17. The van der Waals surface area contributed by atoms with E-state index in [1.165, 1.54) is 6.07 Å².